The number of ether oxygens (including phenoxy) is 4. The molecule has 0 aromatic carbocycles. The maximum Gasteiger partial charge on any atom is 0.472 e. The van der Waals surface area contributed by atoms with Crippen LogP contribution < -0.4 is 0 Å². The van der Waals surface area contributed by atoms with Gasteiger partial charge in [0.2, 0.25) is 0 Å². The highest BCUT2D eigenvalue weighted by atomic mass is 31.2. The molecule has 100 heavy (non-hydrogen) atoms. The second-order valence-electron chi connectivity index (χ2n) is 29.0. The Hall–Kier alpha value is -2.46. The van der Waals surface area contributed by atoms with Gasteiger partial charge >= 0.3 is 39.5 Å². The van der Waals surface area contributed by atoms with Crippen molar-refractivity contribution in [3.05, 3.63) is 24.3 Å². The maximum atomic E-state index is 13.1. The molecule has 0 spiro atoms. The van der Waals surface area contributed by atoms with Gasteiger partial charge in [-0.2, -0.15) is 0 Å². The summed E-state index contributed by atoms with van der Waals surface area (Å²) in [5.74, 6) is -1.35. The molecule has 19 heteroatoms. The second-order valence-corrected chi connectivity index (χ2v) is 31.9. The molecule has 0 heterocycles. The van der Waals surface area contributed by atoms with Crippen LogP contribution in [-0.4, -0.2) is 96.7 Å². The van der Waals surface area contributed by atoms with Gasteiger partial charge in [-0.3, -0.25) is 37.3 Å². The molecule has 3 N–H and O–H groups in total. The number of carbonyl (C=O) groups excluding carboxylic acids is 4. The number of aliphatic hydroxyl groups is 1. The van der Waals surface area contributed by atoms with Crippen LogP contribution in [-0.2, 0) is 65.4 Å². The van der Waals surface area contributed by atoms with E-state index in [1.165, 1.54) is 218 Å². The predicted molar refractivity (Wildman–Crippen MR) is 409 cm³/mol. The molecule has 0 aliphatic rings. The molecular weight excluding hydrogens is 1310 g/mol. The zero-order valence-corrected chi connectivity index (χ0v) is 66.6. The smallest absolute Gasteiger partial charge is 0.462 e. The van der Waals surface area contributed by atoms with Gasteiger partial charge in [0.15, 0.2) is 12.2 Å². The minimum atomic E-state index is -4.97. The van der Waals surface area contributed by atoms with Gasteiger partial charge in [0.1, 0.15) is 19.3 Å². The Kier molecular flexibility index (Phi) is 71.6. The highest BCUT2D eigenvalue weighted by Gasteiger charge is 2.30. The Bertz CT molecular complexity index is 2000. The first-order valence-corrected chi connectivity index (χ1v) is 44.4. The third-order valence-corrected chi connectivity index (χ3v) is 20.3. The SMILES string of the molecule is CCCCCC/C=C\C=C/CCCCCCCC(=O)O[C@H](COC(=O)CCCCCCCCCCCCCCC)COP(=O)(O)OC[C@H](O)COP(=O)(O)OC[C@@H](COC(=O)CCCCCCCCCCCCCCCCCC)OC(=O)CCCCCCCCCCCCCCCC(C)C. The number of aliphatic hydroxyl groups excluding tert-OH is 1. The highest BCUT2D eigenvalue weighted by Crippen LogP contribution is 2.45. The van der Waals surface area contributed by atoms with Gasteiger partial charge in [0, 0.05) is 25.7 Å². The summed E-state index contributed by atoms with van der Waals surface area (Å²) in [7, 11) is -9.93. The largest absolute Gasteiger partial charge is 0.472 e. The first-order valence-electron chi connectivity index (χ1n) is 41.5. The van der Waals surface area contributed by atoms with Crippen LogP contribution in [0.25, 0.3) is 0 Å². The van der Waals surface area contributed by atoms with Crippen molar-refractivity contribution in [3.63, 3.8) is 0 Å². The van der Waals surface area contributed by atoms with E-state index in [0.29, 0.717) is 25.7 Å². The van der Waals surface area contributed by atoms with Crippen LogP contribution in [0.15, 0.2) is 24.3 Å². The summed E-state index contributed by atoms with van der Waals surface area (Å²) < 4.78 is 68.7. The molecule has 0 aliphatic carbocycles. The zero-order valence-electron chi connectivity index (χ0n) is 64.8. The summed E-state index contributed by atoms with van der Waals surface area (Å²) in [6.45, 7) is 7.29. The highest BCUT2D eigenvalue weighted by molar-refractivity contribution is 7.47. The number of phosphoric acid groups is 2. The monoisotopic (exact) mass is 1460 g/mol. The fraction of sp³-hybridized carbons (Fsp3) is 0.901. The predicted octanol–water partition coefficient (Wildman–Crippen LogP) is 24.0. The van der Waals surface area contributed by atoms with Crippen molar-refractivity contribution < 1.29 is 80.2 Å². The van der Waals surface area contributed by atoms with Crippen molar-refractivity contribution in [2.75, 3.05) is 39.6 Å². The number of hydrogen-bond acceptors (Lipinski definition) is 15. The van der Waals surface area contributed by atoms with Crippen LogP contribution in [0.3, 0.4) is 0 Å². The van der Waals surface area contributed by atoms with Gasteiger partial charge in [-0.05, 0) is 57.3 Å². The lowest BCUT2D eigenvalue weighted by molar-refractivity contribution is -0.161. The minimum Gasteiger partial charge on any atom is -0.462 e. The molecule has 0 saturated carbocycles. The minimum absolute atomic E-state index is 0.0858. The summed E-state index contributed by atoms with van der Waals surface area (Å²) in [5.41, 5.74) is 0. The summed E-state index contributed by atoms with van der Waals surface area (Å²) in [5, 5.41) is 10.6. The molecule has 17 nitrogen and oxygen atoms in total. The molecule has 5 atom stereocenters. The number of esters is 4. The van der Waals surface area contributed by atoms with Crippen molar-refractivity contribution in [1.29, 1.82) is 0 Å². The molecule has 0 rings (SSSR count). The van der Waals surface area contributed by atoms with E-state index in [-0.39, 0.29) is 25.7 Å². The summed E-state index contributed by atoms with van der Waals surface area (Å²) >= 11 is 0. The number of carbonyl (C=O) groups is 4. The fourth-order valence-corrected chi connectivity index (χ4v) is 13.6. The second kappa shape index (κ2) is 73.4. The molecular formula is C81H154O17P2. The lowest BCUT2D eigenvalue weighted by Crippen LogP contribution is -2.30. The normalized spacial score (nSPS) is 14.0. The van der Waals surface area contributed by atoms with E-state index in [2.05, 4.69) is 58.9 Å². The van der Waals surface area contributed by atoms with E-state index in [1.807, 2.05) is 0 Å². The van der Waals surface area contributed by atoms with Crippen molar-refractivity contribution >= 4 is 39.5 Å². The number of unbranched alkanes of at least 4 members (excludes halogenated alkanes) is 48. The van der Waals surface area contributed by atoms with Crippen LogP contribution in [0.1, 0.15) is 407 Å². The summed E-state index contributed by atoms with van der Waals surface area (Å²) in [6, 6.07) is 0. The van der Waals surface area contributed by atoms with Crippen LogP contribution in [0, 0.1) is 5.92 Å². The third-order valence-electron chi connectivity index (χ3n) is 18.4. The zero-order chi connectivity index (χ0) is 73.4. The first kappa shape index (κ1) is 97.5. The lowest BCUT2D eigenvalue weighted by atomic mass is 10.0. The Morgan fingerprint density at radius 3 is 0.820 bits per heavy atom. The first-order chi connectivity index (χ1) is 48.5. The Morgan fingerprint density at radius 2 is 0.540 bits per heavy atom. The molecule has 0 bridgehead atoms. The number of hydrogen-bond donors (Lipinski definition) is 3. The van der Waals surface area contributed by atoms with Gasteiger partial charge in [-0.25, -0.2) is 9.13 Å². The van der Waals surface area contributed by atoms with Gasteiger partial charge in [0.25, 0.3) is 0 Å². The topological polar surface area (TPSA) is 237 Å². The summed E-state index contributed by atoms with van der Waals surface area (Å²) in [4.78, 5) is 73.0. The van der Waals surface area contributed by atoms with E-state index < -0.39 is 97.5 Å². The van der Waals surface area contributed by atoms with Gasteiger partial charge in [-0.15, -0.1) is 0 Å². The Balaban J connectivity index is 5.30. The molecule has 0 aliphatic heterocycles. The van der Waals surface area contributed by atoms with Crippen LogP contribution in [0.5, 0.6) is 0 Å². The van der Waals surface area contributed by atoms with Crippen molar-refractivity contribution in [2.24, 2.45) is 5.92 Å². The molecule has 0 amide bonds. The number of allylic oxidation sites excluding steroid dienone is 4. The lowest BCUT2D eigenvalue weighted by Gasteiger charge is -2.21. The Morgan fingerprint density at radius 1 is 0.310 bits per heavy atom. The molecule has 2 unspecified atom stereocenters. The molecule has 0 aromatic heterocycles. The van der Waals surface area contributed by atoms with Gasteiger partial charge in [-0.1, -0.05) is 354 Å². The van der Waals surface area contributed by atoms with Crippen LogP contribution in [0.4, 0.5) is 0 Å². The van der Waals surface area contributed by atoms with E-state index in [1.54, 1.807) is 0 Å². The molecule has 0 aromatic rings. The van der Waals surface area contributed by atoms with E-state index in [0.717, 1.165) is 109 Å². The van der Waals surface area contributed by atoms with Crippen molar-refractivity contribution in [1.82, 2.24) is 0 Å². The average Bonchev–Trinajstić information content (AvgIpc) is 1.65. The Labute approximate surface area is 612 Å². The number of phosphoric ester groups is 2. The molecule has 0 radical (unpaired) electrons. The molecule has 0 saturated heterocycles. The van der Waals surface area contributed by atoms with Gasteiger partial charge < -0.3 is 33.8 Å². The standard InChI is InChI=1S/C81H154O17P2/c1-6-9-12-15-18-21-24-27-29-31-35-40-45-50-55-60-65-79(84)92-71-77(98-81(86)67-62-57-52-47-42-37-32-34-38-43-48-53-58-63-74(4)5)73-96-100(89,90)94-69-75(82)68-93-99(87,88)95-72-76(70-91-78(83)64-59-54-49-44-39-33-26-23-20-17-14-11-8-3)97-80(85)66-61-56-51-46-41-36-30-28-25-22-19-16-13-10-7-2/h22,25,28,30,74-77,82H,6-21,23-24,26-27,29,31-73H2,1-5H3,(H,87,88)(H,89,90)/b25-22-,30-28-/t75-,76+,77+/m0/s1. The van der Waals surface area contributed by atoms with Crippen molar-refractivity contribution in [3.8, 4) is 0 Å². The number of rotatable bonds is 79. The van der Waals surface area contributed by atoms with E-state index in [9.17, 15) is 43.2 Å². The van der Waals surface area contributed by atoms with E-state index >= 15 is 0 Å². The van der Waals surface area contributed by atoms with Crippen molar-refractivity contribution in [2.45, 2.75) is 425 Å². The van der Waals surface area contributed by atoms with Crippen LogP contribution in [0.2, 0.25) is 0 Å². The van der Waals surface area contributed by atoms with E-state index in [4.69, 9.17) is 37.0 Å². The third kappa shape index (κ3) is 73.8. The van der Waals surface area contributed by atoms with Gasteiger partial charge in [0.05, 0.1) is 26.4 Å². The average molecular weight is 1460 g/mol. The van der Waals surface area contributed by atoms with Crippen LogP contribution >= 0.6 is 15.6 Å². The quantitative estimate of drug-likeness (QED) is 0.0169. The fourth-order valence-electron chi connectivity index (χ4n) is 12.0. The molecule has 590 valence electrons. The maximum absolute atomic E-state index is 13.1. The summed E-state index contributed by atoms with van der Waals surface area (Å²) in [6.07, 6.45) is 67.2. The molecule has 0 fully saturated rings.